The number of fused-ring (bicyclic) bond motifs is 1. The molecule has 0 spiro atoms. The number of carbonyl (C=O) groups is 2. The monoisotopic (exact) mass is 388 g/mol. The molecule has 2 heterocycles. The average molecular weight is 388 g/mol. The number of halogens is 1. The molecule has 1 aromatic carbocycles. The third kappa shape index (κ3) is 4.01. The summed E-state index contributed by atoms with van der Waals surface area (Å²) in [5.41, 5.74) is 0.0722. The van der Waals surface area contributed by atoms with Gasteiger partial charge in [0.1, 0.15) is 11.7 Å². The number of nitrogens with one attached hydrogen (secondary N) is 2. The summed E-state index contributed by atoms with van der Waals surface area (Å²) in [4.78, 5) is 31.1. The number of anilines is 1. The number of benzene rings is 1. The molecule has 0 radical (unpaired) electrons. The number of hydrogen-bond donors (Lipinski definition) is 2. The van der Waals surface area contributed by atoms with Crippen molar-refractivity contribution in [3.8, 4) is 0 Å². The molecule has 3 fully saturated rings. The Morgan fingerprint density at radius 2 is 2.07 bits per heavy atom. The van der Waals surface area contributed by atoms with Crippen molar-refractivity contribution in [2.24, 2.45) is 10.9 Å². The number of amides is 4. The minimum Gasteiger partial charge on any atom is -0.376 e. The number of carbonyl (C=O) groups excluding carboxylic acids is 2. The van der Waals surface area contributed by atoms with Crippen LogP contribution in [0.5, 0.6) is 0 Å². The smallest absolute Gasteiger partial charge is 0.347 e. The molecule has 3 aliphatic rings. The molecule has 2 saturated heterocycles. The van der Waals surface area contributed by atoms with Crippen molar-refractivity contribution in [2.75, 3.05) is 18.5 Å². The molecule has 3 atom stereocenters. The minimum atomic E-state index is -0.670. The maximum absolute atomic E-state index is 13.9. The van der Waals surface area contributed by atoms with Gasteiger partial charge in [0.15, 0.2) is 0 Å². The van der Waals surface area contributed by atoms with Gasteiger partial charge >= 0.3 is 12.1 Å². The molecule has 2 N–H and O–H groups in total. The number of hydrogen-bond acceptors (Lipinski definition) is 3. The summed E-state index contributed by atoms with van der Waals surface area (Å²) in [6.07, 6.45) is 5.60. The molecule has 8 heteroatoms. The molecule has 7 nitrogen and oxygen atoms in total. The van der Waals surface area contributed by atoms with Gasteiger partial charge in [0, 0.05) is 18.6 Å². The van der Waals surface area contributed by atoms with Gasteiger partial charge in [-0.25, -0.2) is 14.0 Å². The Kier molecular flexibility index (Phi) is 5.57. The highest BCUT2D eigenvalue weighted by Crippen LogP contribution is 2.31. The van der Waals surface area contributed by atoms with E-state index in [2.05, 4.69) is 15.6 Å². The number of para-hydroxylation sites is 1. The van der Waals surface area contributed by atoms with Crippen LogP contribution in [-0.2, 0) is 4.74 Å². The first-order valence-corrected chi connectivity index (χ1v) is 9.95. The van der Waals surface area contributed by atoms with E-state index >= 15 is 0 Å². The normalized spacial score (nSPS) is 28.8. The maximum atomic E-state index is 13.9. The fraction of sp³-hybridized carbons (Fsp3) is 0.550. The molecular formula is C20H25FN4O3. The van der Waals surface area contributed by atoms with Gasteiger partial charge in [0.05, 0.1) is 18.3 Å². The van der Waals surface area contributed by atoms with E-state index in [-0.39, 0.29) is 29.8 Å². The van der Waals surface area contributed by atoms with Crippen molar-refractivity contribution < 1.29 is 18.7 Å². The van der Waals surface area contributed by atoms with Crippen LogP contribution in [0.25, 0.3) is 0 Å². The van der Waals surface area contributed by atoms with Crippen LogP contribution in [0.2, 0.25) is 0 Å². The molecule has 0 aromatic heterocycles. The summed E-state index contributed by atoms with van der Waals surface area (Å²) in [6, 6.07) is 5.03. The van der Waals surface area contributed by atoms with E-state index in [1.54, 1.807) is 17.0 Å². The van der Waals surface area contributed by atoms with Crippen LogP contribution < -0.4 is 10.6 Å². The Morgan fingerprint density at radius 3 is 2.86 bits per heavy atom. The Labute approximate surface area is 163 Å². The highest BCUT2D eigenvalue weighted by atomic mass is 19.1. The van der Waals surface area contributed by atoms with Gasteiger partial charge < -0.3 is 15.4 Å². The van der Waals surface area contributed by atoms with Gasteiger partial charge in [0.2, 0.25) is 0 Å². The first-order valence-electron chi connectivity index (χ1n) is 9.95. The fourth-order valence-corrected chi connectivity index (χ4v) is 4.27. The molecule has 1 aliphatic carbocycles. The number of aliphatic imine (C=N–C) groups is 1. The summed E-state index contributed by atoms with van der Waals surface area (Å²) in [5, 5.41) is 5.55. The molecule has 0 bridgehead atoms. The first-order chi connectivity index (χ1) is 13.6. The van der Waals surface area contributed by atoms with E-state index in [1.807, 2.05) is 0 Å². The molecule has 28 heavy (non-hydrogen) atoms. The zero-order valence-electron chi connectivity index (χ0n) is 15.7. The van der Waals surface area contributed by atoms with E-state index in [0.717, 1.165) is 38.5 Å². The summed E-state index contributed by atoms with van der Waals surface area (Å²) >= 11 is 0. The largest absolute Gasteiger partial charge is 0.376 e. The number of rotatable bonds is 3. The van der Waals surface area contributed by atoms with Crippen LogP contribution in [0.1, 0.15) is 38.5 Å². The third-order valence-corrected chi connectivity index (χ3v) is 5.67. The lowest BCUT2D eigenvalue weighted by atomic mass is 9.82. The van der Waals surface area contributed by atoms with Gasteiger partial charge in [-0.3, -0.25) is 4.90 Å². The second kappa shape index (κ2) is 8.26. The molecular weight excluding hydrogens is 363 g/mol. The predicted molar refractivity (Wildman–Crippen MR) is 103 cm³/mol. The standard InChI is InChI=1S/C20H25FN4O3/c21-15-8-2-4-10-17(15)22-19(26)24-18-14-7-1-3-9-16(14)23-20(27)25(18)12-13-6-5-11-28-13/h2,4,8,10,13-14,16H,1,3,5-7,9,11-12H2,(H,22,26)(H,23,27)/b24-18+. The Balaban J connectivity index is 1.59. The van der Waals surface area contributed by atoms with Gasteiger partial charge in [-0.1, -0.05) is 25.0 Å². The summed E-state index contributed by atoms with van der Waals surface area (Å²) in [6.45, 7) is 1.06. The SMILES string of the molecule is O=C(/N=C1\C2CCCCC2NC(=O)N1CC1CCCO1)Nc1ccccc1F. The third-order valence-electron chi connectivity index (χ3n) is 5.67. The van der Waals surface area contributed by atoms with Crippen LogP contribution in [0, 0.1) is 11.7 Å². The summed E-state index contributed by atoms with van der Waals surface area (Å²) in [7, 11) is 0. The fourth-order valence-electron chi connectivity index (χ4n) is 4.27. The molecule has 4 amide bonds. The van der Waals surface area contributed by atoms with E-state index in [1.165, 1.54) is 12.1 Å². The Morgan fingerprint density at radius 1 is 1.25 bits per heavy atom. The number of ether oxygens (including phenoxy) is 1. The quantitative estimate of drug-likeness (QED) is 0.831. The number of nitrogens with zero attached hydrogens (tertiary/aromatic N) is 2. The summed E-state index contributed by atoms with van der Waals surface area (Å²) in [5.74, 6) is -0.0683. The Bertz CT molecular complexity index is 778. The highest BCUT2D eigenvalue weighted by molar-refractivity contribution is 6.08. The van der Waals surface area contributed by atoms with Crippen LogP contribution >= 0.6 is 0 Å². The molecule has 3 unspecified atom stereocenters. The van der Waals surface area contributed by atoms with E-state index in [0.29, 0.717) is 19.0 Å². The second-order valence-electron chi connectivity index (χ2n) is 7.57. The van der Waals surface area contributed by atoms with Crippen molar-refractivity contribution in [1.29, 1.82) is 0 Å². The Hall–Kier alpha value is -2.48. The summed E-state index contributed by atoms with van der Waals surface area (Å²) < 4.78 is 19.5. The lowest BCUT2D eigenvalue weighted by Crippen LogP contribution is -2.62. The molecule has 4 rings (SSSR count). The molecule has 2 aliphatic heterocycles. The van der Waals surface area contributed by atoms with Crippen molar-refractivity contribution in [3.05, 3.63) is 30.1 Å². The lowest BCUT2D eigenvalue weighted by Gasteiger charge is -2.43. The van der Waals surface area contributed by atoms with Gasteiger partial charge in [0.25, 0.3) is 0 Å². The number of amidine groups is 1. The molecule has 1 aromatic rings. The van der Waals surface area contributed by atoms with Crippen LogP contribution in [0.3, 0.4) is 0 Å². The van der Waals surface area contributed by atoms with Crippen molar-refractivity contribution in [3.63, 3.8) is 0 Å². The molecule has 150 valence electrons. The topological polar surface area (TPSA) is 83.0 Å². The average Bonchev–Trinajstić information content (AvgIpc) is 3.19. The highest BCUT2D eigenvalue weighted by Gasteiger charge is 2.41. The van der Waals surface area contributed by atoms with E-state index < -0.39 is 11.8 Å². The van der Waals surface area contributed by atoms with Crippen LogP contribution in [-0.4, -0.2) is 48.1 Å². The number of urea groups is 2. The van der Waals surface area contributed by atoms with Crippen molar-refractivity contribution in [1.82, 2.24) is 10.2 Å². The predicted octanol–water partition coefficient (Wildman–Crippen LogP) is 3.52. The van der Waals surface area contributed by atoms with Crippen molar-refractivity contribution >= 4 is 23.6 Å². The van der Waals surface area contributed by atoms with E-state index in [9.17, 15) is 14.0 Å². The van der Waals surface area contributed by atoms with Crippen LogP contribution in [0.15, 0.2) is 29.3 Å². The molecule has 1 saturated carbocycles. The van der Waals surface area contributed by atoms with E-state index in [4.69, 9.17) is 4.74 Å². The second-order valence-corrected chi connectivity index (χ2v) is 7.57. The van der Waals surface area contributed by atoms with Crippen LogP contribution in [0.4, 0.5) is 19.7 Å². The van der Waals surface area contributed by atoms with Gasteiger partial charge in [-0.2, -0.15) is 4.99 Å². The van der Waals surface area contributed by atoms with Gasteiger partial charge in [-0.05, 0) is 37.8 Å². The van der Waals surface area contributed by atoms with Crippen molar-refractivity contribution in [2.45, 2.75) is 50.7 Å². The first kappa shape index (κ1) is 18.9. The lowest BCUT2D eigenvalue weighted by molar-refractivity contribution is 0.0897. The minimum absolute atomic E-state index is 0.0120. The zero-order chi connectivity index (χ0) is 19.5. The zero-order valence-corrected chi connectivity index (χ0v) is 15.7. The maximum Gasteiger partial charge on any atom is 0.347 e. The van der Waals surface area contributed by atoms with Gasteiger partial charge in [-0.15, -0.1) is 0 Å².